The number of hydrogen-bond donors (Lipinski definition) is 0. The Balaban J connectivity index is 1.93. The van der Waals surface area contributed by atoms with Crippen LogP contribution in [0.1, 0.15) is 30.5 Å². The smallest absolute Gasteiger partial charge is 0.000144 e. The Bertz CT molecular complexity index is 759. The van der Waals surface area contributed by atoms with Gasteiger partial charge in [0.1, 0.15) is 0 Å². The van der Waals surface area contributed by atoms with Crippen LogP contribution in [-0.4, -0.2) is 0 Å². The molecule has 0 aromatic heterocycles. The maximum absolute atomic E-state index is 2.31. The summed E-state index contributed by atoms with van der Waals surface area (Å²) in [6, 6.07) is 15.6. The highest BCUT2D eigenvalue weighted by atomic mass is 14.3. The molecule has 0 saturated carbocycles. The first kappa shape index (κ1) is 11.7. The first-order chi connectivity index (χ1) is 9.75. The van der Waals surface area contributed by atoms with E-state index in [4.69, 9.17) is 0 Å². The molecule has 2 aliphatic rings. The minimum Gasteiger partial charge on any atom is -0.0770 e. The predicted molar refractivity (Wildman–Crippen MR) is 85.6 cm³/mol. The summed E-state index contributed by atoms with van der Waals surface area (Å²) >= 11 is 0. The molecule has 2 aromatic rings. The van der Waals surface area contributed by atoms with E-state index >= 15 is 0 Å². The van der Waals surface area contributed by atoms with Crippen LogP contribution < -0.4 is 0 Å². The molecule has 20 heavy (non-hydrogen) atoms. The summed E-state index contributed by atoms with van der Waals surface area (Å²) in [7, 11) is 0. The second-order valence-corrected chi connectivity index (χ2v) is 5.91. The summed E-state index contributed by atoms with van der Waals surface area (Å²) in [5, 5.41) is 0. The molecule has 0 fully saturated rings. The Morgan fingerprint density at radius 2 is 1.65 bits per heavy atom. The molecule has 0 heteroatoms. The van der Waals surface area contributed by atoms with Gasteiger partial charge in [0, 0.05) is 5.92 Å². The van der Waals surface area contributed by atoms with Crippen LogP contribution in [0.4, 0.5) is 0 Å². The minimum atomic E-state index is 0.533. The van der Waals surface area contributed by atoms with Crippen molar-refractivity contribution in [2.75, 3.05) is 0 Å². The van der Waals surface area contributed by atoms with Crippen molar-refractivity contribution in [1.82, 2.24) is 0 Å². The fourth-order valence-corrected chi connectivity index (χ4v) is 3.70. The van der Waals surface area contributed by atoms with Crippen LogP contribution in [0.2, 0.25) is 0 Å². The van der Waals surface area contributed by atoms with Crippen LogP contribution in [0.3, 0.4) is 0 Å². The van der Waals surface area contributed by atoms with Gasteiger partial charge in [-0.05, 0) is 52.3 Å². The lowest BCUT2D eigenvalue weighted by molar-refractivity contribution is 0.974. The van der Waals surface area contributed by atoms with Crippen molar-refractivity contribution in [2.45, 2.75) is 20.3 Å². The van der Waals surface area contributed by atoms with E-state index in [1.165, 1.54) is 39.0 Å². The van der Waals surface area contributed by atoms with E-state index in [1.807, 2.05) is 0 Å². The fourth-order valence-electron chi connectivity index (χ4n) is 3.70. The van der Waals surface area contributed by atoms with E-state index in [-0.39, 0.29) is 0 Å². The number of allylic oxidation sites excluding steroid dienone is 4. The summed E-state index contributed by atoms with van der Waals surface area (Å²) in [5.41, 5.74) is 10.2. The van der Waals surface area contributed by atoms with Crippen LogP contribution in [0.15, 0.2) is 60.2 Å². The molecule has 2 aromatic carbocycles. The molecule has 1 atom stereocenters. The van der Waals surface area contributed by atoms with Gasteiger partial charge >= 0.3 is 0 Å². The van der Waals surface area contributed by atoms with E-state index in [9.17, 15) is 0 Å². The van der Waals surface area contributed by atoms with Gasteiger partial charge in [0.05, 0.1) is 0 Å². The first-order valence-electron chi connectivity index (χ1n) is 7.35. The zero-order valence-electron chi connectivity index (χ0n) is 12.0. The molecule has 0 amide bonds. The van der Waals surface area contributed by atoms with Gasteiger partial charge in [0.15, 0.2) is 0 Å². The summed E-state index contributed by atoms with van der Waals surface area (Å²) in [4.78, 5) is 0. The van der Waals surface area contributed by atoms with Gasteiger partial charge in [-0.15, -0.1) is 0 Å². The molecule has 0 N–H and O–H groups in total. The van der Waals surface area contributed by atoms with Crippen LogP contribution >= 0.6 is 0 Å². The first-order valence-corrected chi connectivity index (χ1v) is 7.35. The van der Waals surface area contributed by atoms with E-state index < -0.39 is 0 Å². The maximum Gasteiger partial charge on any atom is 0.000144 e. The molecule has 2 aliphatic carbocycles. The maximum atomic E-state index is 2.31. The van der Waals surface area contributed by atoms with Crippen molar-refractivity contribution in [1.29, 1.82) is 0 Å². The van der Waals surface area contributed by atoms with Crippen LogP contribution in [0.25, 0.3) is 16.7 Å². The normalized spacial score (nSPS) is 19.4. The summed E-state index contributed by atoms with van der Waals surface area (Å²) < 4.78 is 0. The van der Waals surface area contributed by atoms with Crippen molar-refractivity contribution in [3.63, 3.8) is 0 Å². The Kier molecular flexibility index (Phi) is 2.47. The third-order valence-corrected chi connectivity index (χ3v) is 4.66. The average Bonchev–Trinajstić information content (AvgIpc) is 3.00. The van der Waals surface area contributed by atoms with Gasteiger partial charge < -0.3 is 0 Å². The van der Waals surface area contributed by atoms with Crippen molar-refractivity contribution >= 4 is 5.57 Å². The van der Waals surface area contributed by atoms with Gasteiger partial charge in [-0.2, -0.15) is 0 Å². The molecular weight excluding hydrogens is 240 g/mol. The van der Waals surface area contributed by atoms with Crippen molar-refractivity contribution in [3.8, 4) is 11.1 Å². The molecule has 1 unspecified atom stereocenters. The topological polar surface area (TPSA) is 0 Å². The third-order valence-electron chi connectivity index (χ3n) is 4.66. The fraction of sp³-hybridized carbons (Fsp3) is 0.200. The quantitative estimate of drug-likeness (QED) is 0.560. The number of hydrogen-bond acceptors (Lipinski definition) is 0. The molecule has 0 heterocycles. The zero-order chi connectivity index (χ0) is 13.7. The number of benzene rings is 2. The van der Waals surface area contributed by atoms with Crippen molar-refractivity contribution < 1.29 is 0 Å². The molecule has 0 bridgehead atoms. The van der Waals surface area contributed by atoms with E-state index in [0.29, 0.717) is 5.92 Å². The van der Waals surface area contributed by atoms with Gasteiger partial charge in [-0.3, -0.25) is 0 Å². The summed E-state index contributed by atoms with van der Waals surface area (Å²) in [5.74, 6) is 0.533. The monoisotopic (exact) mass is 258 g/mol. The van der Waals surface area contributed by atoms with Crippen LogP contribution in [0, 0.1) is 5.92 Å². The van der Waals surface area contributed by atoms with E-state index in [2.05, 4.69) is 68.5 Å². The molecule has 4 rings (SSSR count). The van der Waals surface area contributed by atoms with Crippen LogP contribution in [-0.2, 0) is 6.42 Å². The van der Waals surface area contributed by atoms with E-state index in [0.717, 1.165) is 6.42 Å². The molecular formula is C20H18. The minimum absolute atomic E-state index is 0.533. The molecule has 0 spiro atoms. The van der Waals surface area contributed by atoms with Gasteiger partial charge in [-0.1, -0.05) is 61.5 Å². The summed E-state index contributed by atoms with van der Waals surface area (Å²) in [6.07, 6.45) is 5.65. The highest BCUT2D eigenvalue weighted by Gasteiger charge is 2.24. The third kappa shape index (κ3) is 1.54. The Hall–Kier alpha value is -2.08. The standard InChI is InChI=1S/C20H18/c1-13-10-11-14(2)20(13)18-9-5-8-17-16-7-4-3-6-15(16)12-19(17)18/h3-11,13H,12H2,1-2H3. The number of fused-ring (bicyclic) bond motifs is 3. The highest BCUT2D eigenvalue weighted by Crippen LogP contribution is 2.43. The van der Waals surface area contributed by atoms with E-state index in [1.54, 1.807) is 0 Å². The lowest BCUT2D eigenvalue weighted by atomic mass is 9.89. The second kappa shape index (κ2) is 4.21. The predicted octanol–water partition coefficient (Wildman–Crippen LogP) is 5.24. The summed E-state index contributed by atoms with van der Waals surface area (Å²) in [6.45, 7) is 4.53. The Morgan fingerprint density at radius 1 is 0.900 bits per heavy atom. The molecule has 98 valence electrons. The SMILES string of the molecule is CC1=C(c2cccc3c2Cc2ccccc2-3)C(C)C=C1. The number of rotatable bonds is 1. The van der Waals surface area contributed by atoms with Gasteiger partial charge in [0.25, 0.3) is 0 Å². The molecule has 0 radical (unpaired) electrons. The molecule has 0 saturated heterocycles. The Morgan fingerprint density at radius 3 is 2.45 bits per heavy atom. The molecule has 0 aliphatic heterocycles. The largest absolute Gasteiger partial charge is 0.0770 e. The van der Waals surface area contributed by atoms with Gasteiger partial charge in [-0.25, -0.2) is 0 Å². The second-order valence-electron chi connectivity index (χ2n) is 5.91. The molecule has 0 nitrogen and oxygen atoms in total. The highest BCUT2D eigenvalue weighted by molar-refractivity contribution is 5.86. The van der Waals surface area contributed by atoms with Crippen molar-refractivity contribution in [3.05, 3.63) is 76.9 Å². The average molecular weight is 258 g/mol. The lowest BCUT2D eigenvalue weighted by Gasteiger charge is -2.15. The lowest BCUT2D eigenvalue weighted by Crippen LogP contribution is -1.98. The Labute approximate surface area is 120 Å². The zero-order valence-corrected chi connectivity index (χ0v) is 12.0. The van der Waals surface area contributed by atoms with Gasteiger partial charge in [0.2, 0.25) is 0 Å². The van der Waals surface area contributed by atoms with Crippen molar-refractivity contribution in [2.24, 2.45) is 5.92 Å². The van der Waals surface area contributed by atoms with Crippen LogP contribution in [0.5, 0.6) is 0 Å².